The van der Waals surface area contributed by atoms with Gasteiger partial charge in [0.05, 0.1) is 30.0 Å². The van der Waals surface area contributed by atoms with Gasteiger partial charge in [-0.15, -0.1) is 0 Å². The predicted octanol–water partition coefficient (Wildman–Crippen LogP) is 4.09. The van der Waals surface area contributed by atoms with Gasteiger partial charge in [-0.2, -0.15) is 0 Å². The molecule has 4 fully saturated rings. The zero-order chi connectivity index (χ0) is 15.1. The summed E-state index contributed by atoms with van der Waals surface area (Å²) in [5.41, 5.74) is 0.133. The third kappa shape index (κ3) is 2.66. The summed E-state index contributed by atoms with van der Waals surface area (Å²) in [6.45, 7) is 10.7. The van der Waals surface area contributed by atoms with Gasteiger partial charge in [0, 0.05) is 12.0 Å². The van der Waals surface area contributed by atoms with Crippen LogP contribution < -0.4 is 0 Å². The van der Waals surface area contributed by atoms with E-state index in [9.17, 15) is 0 Å². The normalized spacial score (nSPS) is 45.7. The van der Waals surface area contributed by atoms with Crippen molar-refractivity contribution in [2.75, 3.05) is 13.2 Å². The number of hydrogen-bond acceptors (Lipinski definition) is 3. The van der Waals surface area contributed by atoms with Crippen molar-refractivity contribution in [3.63, 3.8) is 0 Å². The van der Waals surface area contributed by atoms with E-state index >= 15 is 0 Å². The Hall–Kier alpha value is -0.120. The Balaban J connectivity index is 1.66. The van der Waals surface area contributed by atoms with Crippen molar-refractivity contribution in [2.45, 2.75) is 96.1 Å². The van der Waals surface area contributed by atoms with Crippen molar-refractivity contribution < 1.29 is 14.2 Å². The van der Waals surface area contributed by atoms with Crippen LogP contribution in [0.2, 0.25) is 0 Å². The Labute approximate surface area is 129 Å². The van der Waals surface area contributed by atoms with E-state index in [4.69, 9.17) is 14.2 Å². The maximum atomic E-state index is 6.54. The van der Waals surface area contributed by atoms with E-state index in [0.717, 1.165) is 32.5 Å². The molecule has 1 saturated carbocycles. The molecule has 4 aliphatic rings. The summed E-state index contributed by atoms with van der Waals surface area (Å²) in [5.74, 6) is 0. The van der Waals surface area contributed by atoms with Crippen LogP contribution in [0.5, 0.6) is 0 Å². The monoisotopic (exact) mass is 296 g/mol. The molecule has 0 amide bonds. The fourth-order valence-corrected chi connectivity index (χ4v) is 4.82. The van der Waals surface area contributed by atoms with Gasteiger partial charge >= 0.3 is 0 Å². The highest BCUT2D eigenvalue weighted by Gasteiger charge is 2.61. The summed E-state index contributed by atoms with van der Waals surface area (Å²) >= 11 is 0. The van der Waals surface area contributed by atoms with Crippen LogP contribution in [0.3, 0.4) is 0 Å². The average molecular weight is 296 g/mol. The van der Waals surface area contributed by atoms with Gasteiger partial charge in [0.15, 0.2) is 0 Å². The molecule has 3 heteroatoms. The molecule has 0 aromatic heterocycles. The number of hydrogen-bond donors (Lipinski definition) is 0. The third-order valence-electron chi connectivity index (χ3n) is 6.56. The maximum Gasteiger partial charge on any atom is 0.0922 e. The van der Waals surface area contributed by atoms with Crippen molar-refractivity contribution in [3.8, 4) is 0 Å². The standard InChI is InChI=1S/C18H32O3/c1-5-18-10-9-17(4,21-16(18,2)3)15(12-18)20-13-14-8-6-7-11-19-14/h14-15H,5-13H2,1-4H3. The van der Waals surface area contributed by atoms with Crippen LogP contribution in [0, 0.1) is 5.41 Å². The van der Waals surface area contributed by atoms with Crippen molar-refractivity contribution in [1.29, 1.82) is 0 Å². The van der Waals surface area contributed by atoms with Gasteiger partial charge in [-0.1, -0.05) is 6.92 Å². The smallest absolute Gasteiger partial charge is 0.0922 e. The maximum absolute atomic E-state index is 6.54. The second kappa shape index (κ2) is 5.50. The molecule has 4 unspecified atom stereocenters. The fraction of sp³-hybridized carbons (Fsp3) is 1.00. The molecule has 0 radical (unpaired) electrons. The summed E-state index contributed by atoms with van der Waals surface area (Å²) in [6, 6.07) is 0. The number of fused-ring (bicyclic) bond motifs is 3. The third-order valence-corrected chi connectivity index (χ3v) is 6.56. The summed E-state index contributed by atoms with van der Waals surface area (Å²) in [4.78, 5) is 0. The van der Waals surface area contributed by atoms with Crippen LogP contribution in [0.4, 0.5) is 0 Å². The van der Waals surface area contributed by atoms with Gasteiger partial charge in [0.1, 0.15) is 0 Å². The molecule has 122 valence electrons. The Kier molecular flexibility index (Phi) is 4.13. The lowest BCUT2D eigenvalue weighted by Crippen LogP contribution is -2.67. The quantitative estimate of drug-likeness (QED) is 0.782. The lowest BCUT2D eigenvalue weighted by molar-refractivity contribution is -0.320. The molecule has 1 aliphatic carbocycles. The molecule has 3 aliphatic heterocycles. The molecule has 4 rings (SSSR count). The second-order valence-electron chi connectivity index (χ2n) is 8.07. The second-order valence-corrected chi connectivity index (χ2v) is 8.07. The summed E-state index contributed by atoms with van der Waals surface area (Å²) in [5, 5.41) is 0. The molecule has 3 nitrogen and oxygen atoms in total. The Morgan fingerprint density at radius 1 is 1.14 bits per heavy atom. The summed E-state index contributed by atoms with van der Waals surface area (Å²) < 4.78 is 18.7. The highest BCUT2D eigenvalue weighted by molar-refractivity contribution is 5.11. The average Bonchev–Trinajstić information content (AvgIpc) is 2.46. The van der Waals surface area contributed by atoms with Gasteiger partial charge < -0.3 is 14.2 Å². The van der Waals surface area contributed by atoms with E-state index in [-0.39, 0.29) is 22.7 Å². The molecule has 0 aromatic rings. The lowest BCUT2D eigenvalue weighted by Gasteiger charge is -2.64. The minimum atomic E-state index is -0.116. The first kappa shape index (κ1) is 15.8. The van der Waals surface area contributed by atoms with E-state index < -0.39 is 0 Å². The van der Waals surface area contributed by atoms with Gasteiger partial charge in [0.25, 0.3) is 0 Å². The predicted molar refractivity (Wildman–Crippen MR) is 83.5 cm³/mol. The fourth-order valence-electron chi connectivity index (χ4n) is 4.82. The SMILES string of the molecule is CCC12CCC(C)(OC1(C)C)C(OCC1CCCCO1)C2. The van der Waals surface area contributed by atoms with Gasteiger partial charge in [0.2, 0.25) is 0 Å². The van der Waals surface area contributed by atoms with Crippen LogP contribution in [0.15, 0.2) is 0 Å². The Bertz CT molecular complexity index is 375. The Morgan fingerprint density at radius 3 is 2.57 bits per heavy atom. The van der Waals surface area contributed by atoms with Gasteiger partial charge in [-0.05, 0) is 65.7 Å². The van der Waals surface area contributed by atoms with Crippen molar-refractivity contribution in [3.05, 3.63) is 0 Å². The van der Waals surface area contributed by atoms with Crippen LogP contribution >= 0.6 is 0 Å². The highest BCUT2D eigenvalue weighted by atomic mass is 16.6. The molecule has 0 N–H and O–H groups in total. The molecule has 2 bridgehead atoms. The minimum absolute atomic E-state index is 0.0318. The number of rotatable bonds is 4. The molecule has 21 heavy (non-hydrogen) atoms. The van der Waals surface area contributed by atoms with Crippen LogP contribution in [0.1, 0.15) is 72.6 Å². The molecule has 3 heterocycles. The lowest BCUT2D eigenvalue weighted by atomic mass is 9.56. The summed E-state index contributed by atoms with van der Waals surface area (Å²) in [6.07, 6.45) is 8.86. The zero-order valence-electron chi connectivity index (χ0n) is 14.2. The van der Waals surface area contributed by atoms with E-state index in [2.05, 4.69) is 27.7 Å². The van der Waals surface area contributed by atoms with Crippen LogP contribution in [-0.4, -0.2) is 36.6 Å². The number of ether oxygens (including phenoxy) is 3. The molecular weight excluding hydrogens is 264 g/mol. The zero-order valence-corrected chi connectivity index (χ0v) is 14.2. The van der Waals surface area contributed by atoms with E-state index in [1.807, 2.05) is 0 Å². The minimum Gasteiger partial charge on any atom is -0.376 e. The van der Waals surface area contributed by atoms with E-state index in [0.29, 0.717) is 6.10 Å². The molecule has 0 aromatic carbocycles. The van der Waals surface area contributed by atoms with Gasteiger partial charge in [-0.25, -0.2) is 0 Å². The highest BCUT2D eigenvalue weighted by Crippen LogP contribution is 2.59. The first-order chi connectivity index (χ1) is 9.91. The van der Waals surface area contributed by atoms with E-state index in [1.165, 1.54) is 25.7 Å². The molecular formula is C18H32O3. The van der Waals surface area contributed by atoms with Crippen molar-refractivity contribution in [1.82, 2.24) is 0 Å². The largest absolute Gasteiger partial charge is 0.376 e. The van der Waals surface area contributed by atoms with Crippen molar-refractivity contribution >= 4 is 0 Å². The summed E-state index contributed by atoms with van der Waals surface area (Å²) in [7, 11) is 0. The Morgan fingerprint density at radius 2 is 1.95 bits per heavy atom. The first-order valence-electron chi connectivity index (χ1n) is 8.84. The van der Waals surface area contributed by atoms with Crippen LogP contribution in [-0.2, 0) is 14.2 Å². The molecule has 0 spiro atoms. The van der Waals surface area contributed by atoms with E-state index in [1.54, 1.807) is 0 Å². The van der Waals surface area contributed by atoms with Crippen molar-refractivity contribution in [2.24, 2.45) is 5.41 Å². The van der Waals surface area contributed by atoms with Crippen LogP contribution in [0.25, 0.3) is 0 Å². The topological polar surface area (TPSA) is 27.7 Å². The molecule has 3 saturated heterocycles. The van der Waals surface area contributed by atoms with Gasteiger partial charge in [-0.3, -0.25) is 0 Å². The first-order valence-corrected chi connectivity index (χ1v) is 8.84. The molecule has 4 atom stereocenters.